The summed E-state index contributed by atoms with van der Waals surface area (Å²) in [6, 6.07) is 11.3. The van der Waals surface area contributed by atoms with Crippen molar-refractivity contribution in [3.8, 4) is 0 Å². The monoisotopic (exact) mass is 340 g/mol. The smallest absolute Gasteiger partial charge is 0.318 e. The SMILES string of the molecule is CN(C)c1ncccc1CNC(=O)N1CCc2ccccc2C1CO. The van der Waals surface area contributed by atoms with Crippen LogP contribution < -0.4 is 10.2 Å². The van der Waals surface area contributed by atoms with Crippen LogP contribution in [-0.2, 0) is 13.0 Å². The average Bonchev–Trinajstić information content (AvgIpc) is 2.65. The zero-order chi connectivity index (χ0) is 17.8. The first-order valence-corrected chi connectivity index (χ1v) is 8.46. The number of nitrogens with one attached hydrogen (secondary N) is 1. The van der Waals surface area contributed by atoms with Gasteiger partial charge < -0.3 is 20.2 Å². The Morgan fingerprint density at radius 1 is 1.32 bits per heavy atom. The average molecular weight is 340 g/mol. The Kier molecular flexibility index (Phi) is 5.19. The standard InChI is InChI=1S/C19H24N4O2/c1-22(2)18-15(7-5-10-20-18)12-21-19(25)23-11-9-14-6-3-4-8-16(14)17(23)13-24/h3-8,10,17,24H,9,11-13H2,1-2H3,(H,21,25). The van der Waals surface area contributed by atoms with Crippen molar-refractivity contribution < 1.29 is 9.90 Å². The van der Waals surface area contributed by atoms with E-state index in [9.17, 15) is 9.90 Å². The topological polar surface area (TPSA) is 68.7 Å². The van der Waals surface area contributed by atoms with E-state index < -0.39 is 0 Å². The number of amides is 2. The summed E-state index contributed by atoms with van der Waals surface area (Å²) in [6.45, 7) is 0.915. The Labute approximate surface area is 148 Å². The highest BCUT2D eigenvalue weighted by Gasteiger charge is 2.30. The molecule has 3 rings (SSSR count). The Morgan fingerprint density at radius 2 is 2.12 bits per heavy atom. The summed E-state index contributed by atoms with van der Waals surface area (Å²) in [7, 11) is 3.86. The van der Waals surface area contributed by atoms with Crippen LogP contribution in [0.3, 0.4) is 0 Å². The summed E-state index contributed by atoms with van der Waals surface area (Å²) < 4.78 is 0. The predicted octanol–water partition coefficient (Wildman–Crippen LogP) is 1.95. The van der Waals surface area contributed by atoms with Gasteiger partial charge in [-0.05, 0) is 23.6 Å². The summed E-state index contributed by atoms with van der Waals surface area (Å²) in [5.41, 5.74) is 3.19. The van der Waals surface area contributed by atoms with Crippen molar-refractivity contribution in [3.05, 3.63) is 59.3 Å². The van der Waals surface area contributed by atoms with Crippen LogP contribution in [0, 0.1) is 0 Å². The van der Waals surface area contributed by atoms with E-state index in [2.05, 4.69) is 16.4 Å². The van der Waals surface area contributed by atoms with Crippen molar-refractivity contribution in [1.29, 1.82) is 0 Å². The maximum Gasteiger partial charge on any atom is 0.318 e. The molecule has 132 valence electrons. The van der Waals surface area contributed by atoms with E-state index in [-0.39, 0.29) is 18.7 Å². The van der Waals surface area contributed by atoms with Crippen LogP contribution >= 0.6 is 0 Å². The molecule has 2 aromatic rings. The van der Waals surface area contributed by atoms with Gasteiger partial charge in [-0.2, -0.15) is 0 Å². The van der Waals surface area contributed by atoms with Crippen LogP contribution in [0.1, 0.15) is 22.7 Å². The lowest BCUT2D eigenvalue weighted by molar-refractivity contribution is 0.126. The minimum absolute atomic E-state index is 0.0831. The molecule has 2 heterocycles. The third-order valence-electron chi connectivity index (χ3n) is 4.57. The molecule has 1 aromatic heterocycles. The van der Waals surface area contributed by atoms with E-state index in [0.717, 1.165) is 23.4 Å². The Balaban J connectivity index is 1.72. The van der Waals surface area contributed by atoms with E-state index in [0.29, 0.717) is 13.1 Å². The van der Waals surface area contributed by atoms with Crippen molar-refractivity contribution in [1.82, 2.24) is 15.2 Å². The van der Waals surface area contributed by atoms with Crippen molar-refractivity contribution in [3.63, 3.8) is 0 Å². The van der Waals surface area contributed by atoms with E-state index in [1.54, 1.807) is 11.1 Å². The quantitative estimate of drug-likeness (QED) is 0.893. The van der Waals surface area contributed by atoms with Crippen molar-refractivity contribution in [2.24, 2.45) is 0 Å². The second kappa shape index (κ2) is 7.53. The molecule has 1 unspecified atom stereocenters. The first-order valence-electron chi connectivity index (χ1n) is 8.46. The molecule has 2 N–H and O–H groups in total. The van der Waals surface area contributed by atoms with Crippen LogP contribution in [0.5, 0.6) is 0 Å². The lowest BCUT2D eigenvalue weighted by Gasteiger charge is -2.36. The maximum atomic E-state index is 12.7. The molecular weight excluding hydrogens is 316 g/mol. The van der Waals surface area contributed by atoms with E-state index in [1.807, 2.05) is 49.3 Å². The van der Waals surface area contributed by atoms with Crippen LogP contribution in [0.25, 0.3) is 0 Å². The zero-order valence-corrected chi connectivity index (χ0v) is 14.6. The first-order chi connectivity index (χ1) is 12.1. The molecule has 1 aliphatic rings. The lowest BCUT2D eigenvalue weighted by atomic mass is 9.93. The van der Waals surface area contributed by atoms with Crippen LogP contribution in [0.2, 0.25) is 0 Å². The number of aliphatic hydroxyl groups is 1. The van der Waals surface area contributed by atoms with Gasteiger partial charge in [-0.15, -0.1) is 0 Å². The number of anilines is 1. The number of aliphatic hydroxyl groups excluding tert-OH is 1. The maximum absolute atomic E-state index is 12.7. The molecular formula is C19H24N4O2. The largest absolute Gasteiger partial charge is 0.394 e. The fraction of sp³-hybridized carbons (Fsp3) is 0.368. The summed E-state index contributed by atoms with van der Waals surface area (Å²) >= 11 is 0. The molecule has 0 spiro atoms. The van der Waals surface area contributed by atoms with Gasteiger partial charge in [0.15, 0.2) is 0 Å². The van der Waals surface area contributed by atoms with Gasteiger partial charge in [-0.1, -0.05) is 30.3 Å². The number of rotatable bonds is 4. The first kappa shape index (κ1) is 17.2. The molecule has 0 bridgehead atoms. The number of urea groups is 1. The fourth-order valence-corrected chi connectivity index (χ4v) is 3.33. The number of carbonyl (C=O) groups excluding carboxylic acids is 1. The predicted molar refractivity (Wildman–Crippen MR) is 97.5 cm³/mol. The third-order valence-corrected chi connectivity index (χ3v) is 4.57. The number of hydrogen-bond acceptors (Lipinski definition) is 4. The van der Waals surface area contributed by atoms with E-state index in [4.69, 9.17) is 0 Å². The zero-order valence-electron chi connectivity index (χ0n) is 14.6. The Morgan fingerprint density at radius 3 is 2.88 bits per heavy atom. The van der Waals surface area contributed by atoms with Gasteiger partial charge in [-0.3, -0.25) is 0 Å². The number of fused-ring (bicyclic) bond motifs is 1. The molecule has 25 heavy (non-hydrogen) atoms. The highest BCUT2D eigenvalue weighted by molar-refractivity contribution is 5.75. The summed E-state index contributed by atoms with van der Waals surface area (Å²) in [6.07, 6.45) is 2.54. The molecule has 6 heteroatoms. The van der Waals surface area contributed by atoms with Crippen molar-refractivity contribution in [2.45, 2.75) is 19.0 Å². The normalized spacial score (nSPS) is 16.3. The molecule has 1 atom stereocenters. The molecule has 2 amide bonds. The number of pyridine rings is 1. The third kappa shape index (κ3) is 3.58. The summed E-state index contributed by atoms with van der Waals surface area (Å²) in [5.74, 6) is 0.838. The second-order valence-electron chi connectivity index (χ2n) is 6.38. The van der Waals surface area contributed by atoms with Gasteiger partial charge in [-0.25, -0.2) is 9.78 Å². The number of benzene rings is 1. The van der Waals surface area contributed by atoms with Gasteiger partial charge in [0.1, 0.15) is 5.82 Å². The second-order valence-corrected chi connectivity index (χ2v) is 6.38. The van der Waals surface area contributed by atoms with Crippen LogP contribution in [0.15, 0.2) is 42.6 Å². The van der Waals surface area contributed by atoms with Crippen LogP contribution in [-0.4, -0.2) is 48.3 Å². The van der Waals surface area contributed by atoms with Crippen molar-refractivity contribution >= 4 is 11.8 Å². The molecule has 1 aliphatic heterocycles. The molecule has 0 saturated heterocycles. The summed E-state index contributed by atoms with van der Waals surface area (Å²) in [5, 5.41) is 12.8. The highest BCUT2D eigenvalue weighted by atomic mass is 16.3. The fourth-order valence-electron chi connectivity index (χ4n) is 3.33. The molecule has 0 saturated carbocycles. The Hall–Kier alpha value is -2.60. The summed E-state index contributed by atoms with van der Waals surface area (Å²) in [4.78, 5) is 20.7. The number of carbonyl (C=O) groups is 1. The Bertz CT molecular complexity index is 748. The molecule has 1 aromatic carbocycles. The number of nitrogens with zero attached hydrogens (tertiary/aromatic N) is 3. The van der Waals surface area contributed by atoms with Gasteiger partial charge in [0.05, 0.1) is 12.6 Å². The van der Waals surface area contributed by atoms with Crippen molar-refractivity contribution in [2.75, 3.05) is 32.1 Å². The van der Waals surface area contributed by atoms with Gasteiger partial charge in [0.2, 0.25) is 0 Å². The molecule has 0 fully saturated rings. The lowest BCUT2D eigenvalue weighted by Crippen LogP contribution is -2.46. The van der Waals surface area contributed by atoms with E-state index >= 15 is 0 Å². The minimum atomic E-state index is -0.299. The highest BCUT2D eigenvalue weighted by Crippen LogP contribution is 2.29. The number of aromatic nitrogens is 1. The van der Waals surface area contributed by atoms with Gasteiger partial charge in [0.25, 0.3) is 0 Å². The van der Waals surface area contributed by atoms with Crippen LogP contribution in [0.4, 0.5) is 10.6 Å². The van der Waals surface area contributed by atoms with Gasteiger partial charge in [0, 0.05) is 38.9 Å². The van der Waals surface area contributed by atoms with E-state index in [1.165, 1.54) is 5.56 Å². The van der Waals surface area contributed by atoms with Gasteiger partial charge >= 0.3 is 6.03 Å². The molecule has 0 radical (unpaired) electrons. The molecule has 6 nitrogen and oxygen atoms in total. The molecule has 0 aliphatic carbocycles. The minimum Gasteiger partial charge on any atom is -0.394 e. The number of hydrogen-bond donors (Lipinski definition) is 2.